The summed E-state index contributed by atoms with van der Waals surface area (Å²) >= 11 is 0. The van der Waals surface area contributed by atoms with Crippen LogP contribution in [0.4, 0.5) is 19.3 Å². The highest BCUT2D eigenvalue weighted by Crippen LogP contribution is 2.41. The van der Waals surface area contributed by atoms with Gasteiger partial charge in [-0.05, 0) is 44.7 Å². The van der Waals surface area contributed by atoms with Crippen LogP contribution in [-0.4, -0.2) is 69.7 Å². The van der Waals surface area contributed by atoms with Gasteiger partial charge in [0.2, 0.25) is 0 Å². The van der Waals surface area contributed by atoms with Crippen molar-refractivity contribution in [2.24, 2.45) is 0 Å². The van der Waals surface area contributed by atoms with Crippen LogP contribution in [0, 0.1) is 6.92 Å². The summed E-state index contributed by atoms with van der Waals surface area (Å²) in [6, 6.07) is 5.57. The number of likely N-dealkylation sites (tertiary alicyclic amines) is 1. The number of aromatic nitrogens is 3. The number of alkyl halides is 2. The van der Waals surface area contributed by atoms with Gasteiger partial charge in [0.05, 0.1) is 42.8 Å². The van der Waals surface area contributed by atoms with E-state index in [9.17, 15) is 18.7 Å². The molecule has 0 radical (unpaired) electrons. The summed E-state index contributed by atoms with van der Waals surface area (Å²) in [5, 5.41) is 9.37. The number of carboxylic acid groups (broad SMARTS) is 1. The van der Waals surface area contributed by atoms with Crippen LogP contribution in [0.15, 0.2) is 30.6 Å². The second-order valence-corrected chi connectivity index (χ2v) is 9.54. The van der Waals surface area contributed by atoms with Crippen LogP contribution < -0.4 is 9.64 Å². The van der Waals surface area contributed by atoms with Crippen molar-refractivity contribution < 1.29 is 23.4 Å². The van der Waals surface area contributed by atoms with Gasteiger partial charge in [0.1, 0.15) is 11.6 Å². The van der Waals surface area contributed by atoms with Crippen molar-refractivity contribution in [3.05, 3.63) is 42.1 Å². The van der Waals surface area contributed by atoms with E-state index in [1.54, 1.807) is 18.3 Å². The van der Waals surface area contributed by atoms with Gasteiger partial charge >= 0.3 is 6.09 Å². The molecule has 8 nitrogen and oxygen atoms in total. The molecule has 5 rings (SSSR count). The Kier molecular flexibility index (Phi) is 5.86. The molecule has 0 unspecified atom stereocenters. The molecule has 2 aliphatic rings. The molecule has 3 heterocycles. The SMILES string of the molecule is COc1cc(-c2nc(C3CCC(N4CC(F)(F)C4)CC3)n3ccnc(C)c23)ccc1N(C)C(=O)O. The van der Waals surface area contributed by atoms with E-state index in [1.165, 1.54) is 14.2 Å². The summed E-state index contributed by atoms with van der Waals surface area (Å²) in [6.07, 6.45) is 6.12. The number of halogens is 2. The van der Waals surface area contributed by atoms with Crippen LogP contribution in [0.5, 0.6) is 5.75 Å². The van der Waals surface area contributed by atoms with Gasteiger partial charge in [0, 0.05) is 37.0 Å². The zero-order valence-corrected chi connectivity index (χ0v) is 20.0. The third kappa shape index (κ3) is 4.20. The Morgan fingerprint density at radius 3 is 2.57 bits per heavy atom. The van der Waals surface area contributed by atoms with E-state index < -0.39 is 12.0 Å². The standard InChI is InChI=1S/C25H29F2N5O3/c1-15-22-21(17-6-9-19(20(12-17)35-3)30(2)24(33)34)29-23(32(22)11-10-28-15)16-4-7-18(8-5-16)31-13-25(26,27)14-31/h6,9-12,16,18H,4-5,7-8,13-14H2,1-3H3,(H,33,34). The van der Waals surface area contributed by atoms with Gasteiger partial charge in [-0.1, -0.05) is 6.07 Å². The van der Waals surface area contributed by atoms with Gasteiger partial charge in [-0.15, -0.1) is 0 Å². The lowest BCUT2D eigenvalue weighted by molar-refractivity contribution is -0.150. The van der Waals surface area contributed by atoms with Crippen LogP contribution in [0.2, 0.25) is 0 Å². The number of aryl methyl sites for hydroxylation is 1. The second kappa shape index (κ2) is 8.75. The zero-order chi connectivity index (χ0) is 24.9. The number of imidazole rings is 1. The number of nitrogens with zero attached hydrogens (tertiary/aromatic N) is 5. The Morgan fingerprint density at radius 2 is 1.94 bits per heavy atom. The molecule has 35 heavy (non-hydrogen) atoms. The minimum Gasteiger partial charge on any atom is -0.495 e. The topological polar surface area (TPSA) is 83.2 Å². The van der Waals surface area contributed by atoms with Crippen LogP contribution in [0.1, 0.15) is 43.1 Å². The van der Waals surface area contributed by atoms with Gasteiger partial charge in [-0.25, -0.2) is 18.6 Å². The number of methoxy groups -OCH3 is 1. The fraction of sp³-hybridized carbons (Fsp3) is 0.480. The first-order valence-corrected chi connectivity index (χ1v) is 11.8. The van der Waals surface area contributed by atoms with Gasteiger partial charge in [0.15, 0.2) is 0 Å². The zero-order valence-electron chi connectivity index (χ0n) is 20.0. The molecule has 3 aromatic rings. The summed E-state index contributed by atoms with van der Waals surface area (Å²) in [5.74, 6) is -0.941. The number of hydrogen-bond donors (Lipinski definition) is 1. The van der Waals surface area contributed by atoms with E-state index in [0.29, 0.717) is 11.4 Å². The number of fused-ring (bicyclic) bond motifs is 1. The van der Waals surface area contributed by atoms with Gasteiger partial charge in [-0.2, -0.15) is 0 Å². The molecule has 1 aliphatic heterocycles. The van der Waals surface area contributed by atoms with E-state index in [2.05, 4.69) is 9.38 Å². The van der Waals surface area contributed by atoms with Crippen molar-refractivity contribution in [1.82, 2.24) is 19.3 Å². The Morgan fingerprint density at radius 1 is 1.23 bits per heavy atom. The minimum atomic E-state index is -2.54. The maximum absolute atomic E-state index is 13.3. The molecule has 2 aromatic heterocycles. The van der Waals surface area contributed by atoms with E-state index in [1.807, 2.05) is 24.1 Å². The Balaban J connectivity index is 1.47. The monoisotopic (exact) mass is 485 g/mol. The molecule has 1 saturated heterocycles. The average molecular weight is 486 g/mol. The van der Waals surface area contributed by atoms with Crippen LogP contribution in [0.25, 0.3) is 16.8 Å². The Bertz CT molecular complexity index is 1260. The van der Waals surface area contributed by atoms with Crippen LogP contribution in [0.3, 0.4) is 0 Å². The van der Waals surface area contributed by atoms with Gasteiger partial charge in [-0.3, -0.25) is 19.2 Å². The number of anilines is 1. The van der Waals surface area contributed by atoms with Gasteiger partial charge < -0.3 is 9.84 Å². The van der Waals surface area contributed by atoms with Crippen molar-refractivity contribution in [2.75, 3.05) is 32.1 Å². The summed E-state index contributed by atoms with van der Waals surface area (Å²) < 4.78 is 34.2. The second-order valence-electron chi connectivity index (χ2n) is 9.54. The van der Waals surface area contributed by atoms with Crippen LogP contribution >= 0.6 is 0 Å². The molecule has 10 heteroatoms. The maximum atomic E-state index is 13.3. The molecule has 2 fully saturated rings. The Labute approximate surface area is 202 Å². The molecule has 1 aromatic carbocycles. The summed E-state index contributed by atoms with van der Waals surface area (Å²) in [7, 11) is 2.98. The molecular formula is C25H29F2N5O3. The van der Waals surface area contributed by atoms with Crippen molar-refractivity contribution in [3.8, 4) is 17.0 Å². The molecule has 0 spiro atoms. The predicted octanol–water partition coefficient (Wildman–Crippen LogP) is 4.80. The first kappa shape index (κ1) is 23.5. The van der Waals surface area contributed by atoms with E-state index in [4.69, 9.17) is 9.72 Å². The van der Waals surface area contributed by atoms with Gasteiger partial charge in [0.25, 0.3) is 5.92 Å². The fourth-order valence-electron chi connectivity index (χ4n) is 5.42. The lowest BCUT2D eigenvalue weighted by Crippen LogP contribution is -2.60. The largest absolute Gasteiger partial charge is 0.495 e. The molecular weight excluding hydrogens is 456 g/mol. The van der Waals surface area contributed by atoms with E-state index in [-0.39, 0.29) is 25.0 Å². The molecule has 1 amide bonds. The summed E-state index contributed by atoms with van der Waals surface area (Å²) in [6.45, 7) is 1.69. The lowest BCUT2D eigenvalue weighted by Gasteiger charge is -2.46. The number of hydrogen-bond acceptors (Lipinski definition) is 5. The number of carbonyl (C=O) groups is 1. The van der Waals surface area contributed by atoms with E-state index >= 15 is 0 Å². The van der Waals surface area contributed by atoms with Crippen molar-refractivity contribution >= 4 is 17.3 Å². The maximum Gasteiger partial charge on any atom is 0.411 e. The summed E-state index contributed by atoms with van der Waals surface area (Å²) in [5.41, 5.74) is 3.74. The predicted molar refractivity (Wildman–Crippen MR) is 128 cm³/mol. The third-order valence-corrected chi connectivity index (χ3v) is 7.31. The normalized spacial score (nSPS) is 22.1. The minimum absolute atomic E-state index is 0.126. The highest BCUT2D eigenvalue weighted by Gasteiger charge is 2.47. The quantitative estimate of drug-likeness (QED) is 0.559. The molecule has 186 valence electrons. The molecule has 1 N–H and O–H groups in total. The third-order valence-electron chi connectivity index (χ3n) is 7.31. The first-order valence-electron chi connectivity index (χ1n) is 11.8. The lowest BCUT2D eigenvalue weighted by atomic mass is 9.83. The summed E-state index contributed by atoms with van der Waals surface area (Å²) in [4.78, 5) is 24.0. The fourth-order valence-corrected chi connectivity index (χ4v) is 5.42. The molecule has 1 saturated carbocycles. The number of ether oxygens (including phenoxy) is 1. The molecule has 0 atom stereocenters. The highest BCUT2D eigenvalue weighted by molar-refractivity contribution is 5.89. The number of benzene rings is 1. The average Bonchev–Trinajstić information content (AvgIpc) is 3.22. The highest BCUT2D eigenvalue weighted by atomic mass is 19.3. The van der Waals surface area contributed by atoms with Crippen molar-refractivity contribution in [2.45, 2.75) is 50.5 Å². The molecule has 0 bridgehead atoms. The van der Waals surface area contributed by atoms with Crippen molar-refractivity contribution in [3.63, 3.8) is 0 Å². The number of rotatable bonds is 5. The first-order chi connectivity index (χ1) is 16.7. The molecule has 1 aliphatic carbocycles. The van der Waals surface area contributed by atoms with E-state index in [0.717, 1.165) is 58.9 Å². The van der Waals surface area contributed by atoms with Crippen molar-refractivity contribution in [1.29, 1.82) is 0 Å². The number of amides is 1. The van der Waals surface area contributed by atoms with Crippen LogP contribution in [-0.2, 0) is 0 Å². The Hall–Kier alpha value is -3.27. The smallest absolute Gasteiger partial charge is 0.411 e.